The minimum atomic E-state index is -0.522. The predicted molar refractivity (Wildman–Crippen MR) is 96.6 cm³/mol. The topological polar surface area (TPSA) is 85.4 Å². The van der Waals surface area contributed by atoms with E-state index in [0.717, 1.165) is 11.1 Å². The summed E-state index contributed by atoms with van der Waals surface area (Å²) < 4.78 is 1.25. The van der Waals surface area contributed by atoms with Gasteiger partial charge in [0.15, 0.2) is 0 Å². The molecule has 0 aliphatic rings. The number of aromatic hydroxyl groups is 1. The van der Waals surface area contributed by atoms with Gasteiger partial charge in [-0.2, -0.15) is 0 Å². The zero-order valence-corrected chi connectivity index (χ0v) is 14.0. The van der Waals surface area contributed by atoms with Crippen LogP contribution in [0, 0.1) is 10.1 Å². The highest BCUT2D eigenvalue weighted by Crippen LogP contribution is 2.31. The summed E-state index contributed by atoms with van der Waals surface area (Å²) in [5, 5.41) is 22.6. The number of fused-ring (bicyclic) bond motifs is 1. The van der Waals surface area contributed by atoms with Crippen molar-refractivity contribution in [1.29, 1.82) is 0 Å². The maximum Gasteiger partial charge on any atom is 0.270 e. The van der Waals surface area contributed by atoms with Crippen molar-refractivity contribution < 1.29 is 10.0 Å². The molecule has 0 radical (unpaired) electrons. The van der Waals surface area contributed by atoms with Crippen molar-refractivity contribution in [3.63, 3.8) is 0 Å². The van der Waals surface area contributed by atoms with E-state index in [1.54, 1.807) is 0 Å². The standard InChI is InChI=1S/C19H18N2O4/c1-3-12-6-5-7-13(4-2)18(12)20-17(22)10-14-8-9-15(21(24)25)11-16(14)19(20)23/h5-11,23H,3-4H2,1-2H3. The number of hydrogen-bond donors (Lipinski definition) is 1. The van der Waals surface area contributed by atoms with Crippen LogP contribution < -0.4 is 5.56 Å². The molecule has 1 aromatic heterocycles. The fraction of sp³-hybridized carbons (Fsp3) is 0.211. The molecule has 2 aromatic carbocycles. The van der Waals surface area contributed by atoms with Crippen LogP contribution in [0.15, 0.2) is 47.3 Å². The molecule has 0 saturated heterocycles. The molecule has 1 heterocycles. The lowest BCUT2D eigenvalue weighted by molar-refractivity contribution is -0.384. The van der Waals surface area contributed by atoms with Crippen molar-refractivity contribution >= 4 is 16.5 Å². The minimum absolute atomic E-state index is 0.132. The van der Waals surface area contributed by atoms with E-state index in [-0.39, 0.29) is 22.5 Å². The molecule has 0 unspecified atom stereocenters. The second kappa shape index (κ2) is 6.39. The third-order valence-corrected chi connectivity index (χ3v) is 4.39. The molecule has 0 aliphatic carbocycles. The number of nitrogens with zero attached hydrogens (tertiary/aromatic N) is 2. The van der Waals surface area contributed by atoms with Crippen LogP contribution >= 0.6 is 0 Å². The van der Waals surface area contributed by atoms with Crippen LogP contribution in [-0.2, 0) is 12.8 Å². The summed E-state index contributed by atoms with van der Waals surface area (Å²) >= 11 is 0. The van der Waals surface area contributed by atoms with Gasteiger partial charge in [-0.15, -0.1) is 0 Å². The zero-order chi connectivity index (χ0) is 18.1. The SMILES string of the molecule is CCc1cccc(CC)c1-n1c(O)c2cc([N+](=O)[O-])ccc2cc1=O. The summed E-state index contributed by atoms with van der Waals surface area (Å²) in [6.45, 7) is 3.96. The molecule has 3 rings (SSSR count). The smallest absolute Gasteiger partial charge is 0.270 e. The summed E-state index contributed by atoms with van der Waals surface area (Å²) in [6.07, 6.45) is 1.39. The minimum Gasteiger partial charge on any atom is -0.494 e. The number of hydrogen-bond acceptors (Lipinski definition) is 4. The Hall–Kier alpha value is -3.15. The Morgan fingerprint density at radius 3 is 2.28 bits per heavy atom. The van der Waals surface area contributed by atoms with Crippen molar-refractivity contribution in [3.8, 4) is 11.6 Å². The lowest BCUT2D eigenvalue weighted by Gasteiger charge is -2.17. The van der Waals surface area contributed by atoms with Crippen LogP contribution in [-0.4, -0.2) is 14.6 Å². The van der Waals surface area contributed by atoms with Crippen molar-refractivity contribution in [1.82, 2.24) is 4.57 Å². The maximum absolute atomic E-state index is 12.7. The molecule has 0 fully saturated rings. The third-order valence-electron chi connectivity index (χ3n) is 4.39. The molecule has 6 heteroatoms. The number of aromatic nitrogens is 1. The van der Waals surface area contributed by atoms with E-state index >= 15 is 0 Å². The van der Waals surface area contributed by atoms with E-state index in [0.29, 0.717) is 23.9 Å². The van der Waals surface area contributed by atoms with Crippen LogP contribution in [0.5, 0.6) is 5.88 Å². The van der Waals surface area contributed by atoms with Gasteiger partial charge in [0.1, 0.15) is 0 Å². The van der Waals surface area contributed by atoms with E-state index in [4.69, 9.17) is 0 Å². The van der Waals surface area contributed by atoms with Gasteiger partial charge >= 0.3 is 0 Å². The molecule has 0 bridgehead atoms. The van der Waals surface area contributed by atoms with Gasteiger partial charge in [0.2, 0.25) is 5.88 Å². The van der Waals surface area contributed by atoms with Crippen LogP contribution in [0.1, 0.15) is 25.0 Å². The molecule has 0 amide bonds. The third kappa shape index (κ3) is 2.76. The number of nitro groups is 1. The number of nitro benzene ring substituents is 1. The molecule has 0 aliphatic heterocycles. The van der Waals surface area contributed by atoms with Gasteiger partial charge in [-0.1, -0.05) is 32.0 Å². The van der Waals surface area contributed by atoms with Gasteiger partial charge < -0.3 is 5.11 Å². The van der Waals surface area contributed by atoms with E-state index in [1.807, 2.05) is 32.0 Å². The van der Waals surface area contributed by atoms with Gasteiger partial charge in [-0.25, -0.2) is 4.57 Å². The summed E-state index contributed by atoms with van der Waals surface area (Å²) in [5.74, 6) is -0.276. The number of benzene rings is 2. The quantitative estimate of drug-likeness (QED) is 0.580. The Labute approximate surface area is 144 Å². The average Bonchev–Trinajstić information content (AvgIpc) is 2.61. The molecular formula is C19H18N2O4. The number of aryl methyl sites for hydroxylation is 2. The number of rotatable bonds is 4. The first-order valence-electron chi connectivity index (χ1n) is 8.12. The second-order valence-electron chi connectivity index (χ2n) is 5.80. The van der Waals surface area contributed by atoms with Gasteiger partial charge in [0, 0.05) is 23.6 Å². The molecule has 3 aromatic rings. The fourth-order valence-electron chi connectivity index (χ4n) is 3.12. The van der Waals surface area contributed by atoms with Gasteiger partial charge in [0.25, 0.3) is 11.2 Å². The Morgan fingerprint density at radius 2 is 1.72 bits per heavy atom. The lowest BCUT2D eigenvalue weighted by atomic mass is 10.0. The molecule has 25 heavy (non-hydrogen) atoms. The number of para-hydroxylation sites is 1. The van der Waals surface area contributed by atoms with E-state index in [2.05, 4.69) is 0 Å². The van der Waals surface area contributed by atoms with E-state index in [1.165, 1.54) is 28.8 Å². The first kappa shape index (κ1) is 16.7. The number of non-ortho nitro benzene ring substituents is 1. The van der Waals surface area contributed by atoms with Crippen molar-refractivity contribution in [2.24, 2.45) is 0 Å². The van der Waals surface area contributed by atoms with E-state index in [9.17, 15) is 20.0 Å². The van der Waals surface area contributed by atoms with Gasteiger partial charge in [-0.3, -0.25) is 14.9 Å². The Kier molecular flexibility index (Phi) is 4.27. The molecular weight excluding hydrogens is 320 g/mol. The summed E-state index contributed by atoms with van der Waals surface area (Å²) in [4.78, 5) is 23.2. The molecule has 0 saturated carbocycles. The normalized spacial score (nSPS) is 11.0. The first-order valence-corrected chi connectivity index (χ1v) is 8.12. The van der Waals surface area contributed by atoms with Crippen LogP contribution in [0.4, 0.5) is 5.69 Å². The van der Waals surface area contributed by atoms with E-state index < -0.39 is 4.92 Å². The monoisotopic (exact) mass is 338 g/mol. The van der Waals surface area contributed by atoms with Crippen molar-refractivity contribution in [2.45, 2.75) is 26.7 Å². The summed E-state index contributed by atoms with van der Waals surface area (Å²) in [5.41, 5.74) is 2.02. The molecule has 128 valence electrons. The highest BCUT2D eigenvalue weighted by molar-refractivity contribution is 5.89. The first-order chi connectivity index (χ1) is 12.0. The Morgan fingerprint density at radius 1 is 1.08 bits per heavy atom. The fourth-order valence-corrected chi connectivity index (χ4v) is 3.12. The Balaban J connectivity index is 2.42. The largest absolute Gasteiger partial charge is 0.494 e. The maximum atomic E-state index is 12.7. The van der Waals surface area contributed by atoms with Gasteiger partial charge in [-0.05, 0) is 35.4 Å². The highest BCUT2D eigenvalue weighted by atomic mass is 16.6. The highest BCUT2D eigenvalue weighted by Gasteiger charge is 2.18. The van der Waals surface area contributed by atoms with Gasteiger partial charge in [0.05, 0.1) is 10.6 Å². The average molecular weight is 338 g/mol. The summed E-state index contributed by atoms with van der Waals surface area (Å²) in [7, 11) is 0. The molecule has 0 spiro atoms. The van der Waals surface area contributed by atoms with Crippen LogP contribution in [0.3, 0.4) is 0 Å². The molecule has 1 N–H and O–H groups in total. The van der Waals surface area contributed by atoms with Crippen molar-refractivity contribution in [3.05, 3.63) is 74.1 Å². The molecule has 0 atom stereocenters. The predicted octanol–water partition coefficient (Wildman–Crippen LogP) is 3.73. The van der Waals surface area contributed by atoms with Crippen molar-refractivity contribution in [2.75, 3.05) is 0 Å². The number of pyridine rings is 1. The van der Waals surface area contributed by atoms with Crippen LogP contribution in [0.2, 0.25) is 0 Å². The lowest BCUT2D eigenvalue weighted by Crippen LogP contribution is -2.20. The Bertz CT molecular complexity index is 1020. The second-order valence-corrected chi connectivity index (χ2v) is 5.80. The van der Waals surface area contributed by atoms with Crippen LogP contribution in [0.25, 0.3) is 16.5 Å². The zero-order valence-electron chi connectivity index (χ0n) is 14.0. The summed E-state index contributed by atoms with van der Waals surface area (Å²) in [6, 6.07) is 11.2. The molecule has 6 nitrogen and oxygen atoms in total.